The first-order valence-corrected chi connectivity index (χ1v) is 12.4. The molecule has 0 aliphatic heterocycles. The van der Waals surface area contributed by atoms with E-state index in [0.29, 0.717) is 17.4 Å². The number of rotatable bonds is 6. The van der Waals surface area contributed by atoms with Crippen molar-refractivity contribution in [3.63, 3.8) is 0 Å². The summed E-state index contributed by atoms with van der Waals surface area (Å²) in [5.41, 5.74) is 0. The summed E-state index contributed by atoms with van der Waals surface area (Å²) in [4.78, 5) is 9.09. The Balaban J connectivity index is 1.81. The number of ether oxygens (including phenoxy) is 1. The quantitative estimate of drug-likeness (QED) is 0.297. The van der Waals surface area contributed by atoms with Crippen LogP contribution >= 0.6 is 7.05 Å². The molecule has 0 spiro atoms. The standard InChI is InChI=1S/C28H22N3OP/c1-5-13-23(14-6-1)32-28-27(29-21-22-30-28)31-33(24-15-7-2-8-16-24,25-17-9-3-10-18-25)26-19-11-4-12-20-26/h1-22H. The highest BCUT2D eigenvalue weighted by atomic mass is 31.2. The third kappa shape index (κ3) is 4.34. The summed E-state index contributed by atoms with van der Waals surface area (Å²) in [6, 6.07) is 40.9. The highest BCUT2D eigenvalue weighted by molar-refractivity contribution is 7.87. The van der Waals surface area contributed by atoms with Crippen LogP contribution in [0.2, 0.25) is 0 Å². The van der Waals surface area contributed by atoms with Crippen LogP contribution in [0.5, 0.6) is 11.6 Å². The number of benzene rings is 4. The van der Waals surface area contributed by atoms with Gasteiger partial charge in [-0.05, 0) is 12.1 Å². The van der Waals surface area contributed by atoms with Gasteiger partial charge >= 0.3 is 0 Å². The molecule has 0 saturated carbocycles. The zero-order chi connectivity index (χ0) is 22.3. The van der Waals surface area contributed by atoms with Crippen molar-refractivity contribution >= 4 is 28.8 Å². The highest BCUT2D eigenvalue weighted by Crippen LogP contribution is 2.50. The number of hydrogen-bond acceptors (Lipinski definition) is 4. The predicted octanol–water partition coefficient (Wildman–Crippen LogP) is 6.08. The van der Waals surface area contributed by atoms with Crippen molar-refractivity contribution in [1.82, 2.24) is 9.97 Å². The molecule has 5 rings (SSSR count). The summed E-state index contributed by atoms with van der Waals surface area (Å²) in [7, 11) is -2.46. The smallest absolute Gasteiger partial charge is 0.265 e. The Bertz CT molecular complexity index is 1270. The zero-order valence-corrected chi connectivity index (χ0v) is 18.8. The molecule has 4 nitrogen and oxygen atoms in total. The maximum Gasteiger partial charge on any atom is 0.265 e. The van der Waals surface area contributed by atoms with Gasteiger partial charge in [0.2, 0.25) is 5.82 Å². The maximum atomic E-state index is 6.11. The minimum absolute atomic E-state index is 0.385. The second-order valence-electron chi connectivity index (χ2n) is 7.34. The van der Waals surface area contributed by atoms with Gasteiger partial charge in [0.05, 0.1) is 7.05 Å². The van der Waals surface area contributed by atoms with E-state index in [2.05, 4.69) is 82.8 Å². The van der Waals surface area contributed by atoms with E-state index in [1.165, 1.54) is 0 Å². The topological polar surface area (TPSA) is 47.4 Å². The number of hydrogen-bond donors (Lipinski definition) is 0. The van der Waals surface area contributed by atoms with Gasteiger partial charge in [-0.3, -0.25) is 0 Å². The van der Waals surface area contributed by atoms with E-state index >= 15 is 0 Å². The van der Waals surface area contributed by atoms with Crippen LogP contribution in [0.1, 0.15) is 0 Å². The Labute approximate surface area is 193 Å². The fourth-order valence-corrected chi connectivity index (χ4v) is 7.23. The molecule has 0 radical (unpaired) electrons. The van der Waals surface area contributed by atoms with Gasteiger partial charge in [0, 0.05) is 28.3 Å². The molecule has 160 valence electrons. The van der Waals surface area contributed by atoms with Crippen molar-refractivity contribution in [3.05, 3.63) is 134 Å². The van der Waals surface area contributed by atoms with Crippen molar-refractivity contribution in [2.75, 3.05) is 0 Å². The second-order valence-corrected chi connectivity index (χ2v) is 10.4. The van der Waals surface area contributed by atoms with Crippen molar-refractivity contribution < 1.29 is 4.74 Å². The second kappa shape index (κ2) is 9.64. The molecule has 0 saturated heterocycles. The molecule has 4 aromatic carbocycles. The molecule has 0 bridgehead atoms. The van der Waals surface area contributed by atoms with Crippen molar-refractivity contribution in [2.24, 2.45) is 4.74 Å². The highest BCUT2D eigenvalue weighted by Gasteiger charge is 2.28. The first kappa shape index (κ1) is 20.9. The fraction of sp³-hybridized carbons (Fsp3) is 0. The minimum Gasteiger partial charge on any atom is -0.436 e. The molecule has 1 heterocycles. The molecule has 0 fully saturated rings. The van der Waals surface area contributed by atoms with Gasteiger partial charge in [0.1, 0.15) is 5.75 Å². The van der Waals surface area contributed by atoms with Gasteiger partial charge in [-0.2, -0.15) is 0 Å². The van der Waals surface area contributed by atoms with E-state index in [1.807, 2.05) is 48.5 Å². The lowest BCUT2D eigenvalue weighted by Gasteiger charge is -2.26. The summed E-state index contributed by atoms with van der Waals surface area (Å²) >= 11 is 0. The van der Waals surface area contributed by atoms with E-state index in [1.54, 1.807) is 12.4 Å². The summed E-state index contributed by atoms with van der Waals surface area (Å²) in [5.74, 6) is 1.56. The summed E-state index contributed by atoms with van der Waals surface area (Å²) < 4.78 is 11.5. The van der Waals surface area contributed by atoms with Crippen LogP contribution in [-0.2, 0) is 0 Å². The van der Waals surface area contributed by atoms with Gasteiger partial charge in [-0.1, -0.05) is 109 Å². The Kier molecular flexibility index (Phi) is 6.10. The lowest BCUT2D eigenvalue weighted by Crippen LogP contribution is -2.25. The average molecular weight is 447 g/mol. The Hall–Kier alpha value is -4.01. The van der Waals surface area contributed by atoms with Crippen LogP contribution in [0.25, 0.3) is 0 Å². The van der Waals surface area contributed by atoms with Crippen molar-refractivity contribution in [1.29, 1.82) is 0 Å². The van der Waals surface area contributed by atoms with E-state index < -0.39 is 7.05 Å². The van der Waals surface area contributed by atoms with Crippen LogP contribution in [0, 0.1) is 0 Å². The van der Waals surface area contributed by atoms with Gasteiger partial charge in [0.15, 0.2) is 0 Å². The third-order valence-corrected chi connectivity index (χ3v) is 8.86. The van der Waals surface area contributed by atoms with Crippen LogP contribution in [0.3, 0.4) is 0 Å². The van der Waals surface area contributed by atoms with Gasteiger partial charge < -0.3 is 4.74 Å². The van der Waals surface area contributed by atoms with Crippen LogP contribution in [0.15, 0.2) is 138 Å². The number of nitrogens with zero attached hydrogens (tertiary/aromatic N) is 3. The summed E-state index contributed by atoms with van der Waals surface area (Å²) in [6.45, 7) is 0. The molecule has 0 aliphatic carbocycles. The molecule has 0 unspecified atom stereocenters. The Morgan fingerprint density at radius 1 is 0.515 bits per heavy atom. The lowest BCUT2D eigenvalue weighted by atomic mass is 10.3. The van der Waals surface area contributed by atoms with Crippen molar-refractivity contribution in [2.45, 2.75) is 0 Å². The molecule has 0 aliphatic rings. The number of aromatic nitrogens is 2. The summed E-state index contributed by atoms with van der Waals surface area (Å²) in [6.07, 6.45) is 3.29. The lowest BCUT2D eigenvalue weighted by molar-refractivity contribution is 0.462. The molecule has 0 amide bonds. The third-order valence-electron chi connectivity index (χ3n) is 5.24. The average Bonchev–Trinajstić information content (AvgIpc) is 2.90. The van der Waals surface area contributed by atoms with Gasteiger partial charge in [0.25, 0.3) is 5.88 Å². The van der Waals surface area contributed by atoms with Crippen LogP contribution < -0.4 is 20.7 Å². The van der Waals surface area contributed by atoms with E-state index in [0.717, 1.165) is 15.9 Å². The number of para-hydroxylation sites is 1. The molecule has 0 atom stereocenters. The van der Waals surface area contributed by atoms with Crippen LogP contribution in [0.4, 0.5) is 5.82 Å². The normalized spacial score (nSPS) is 11.0. The first-order chi connectivity index (χ1) is 16.4. The molecule has 1 aromatic heterocycles. The molecular weight excluding hydrogens is 425 g/mol. The minimum atomic E-state index is -2.46. The van der Waals surface area contributed by atoms with E-state index in [-0.39, 0.29) is 0 Å². The monoisotopic (exact) mass is 447 g/mol. The maximum absolute atomic E-state index is 6.11. The molecule has 33 heavy (non-hydrogen) atoms. The molecule has 5 heteroatoms. The first-order valence-electron chi connectivity index (χ1n) is 10.7. The molecule has 5 aromatic rings. The fourth-order valence-electron chi connectivity index (χ4n) is 3.75. The van der Waals surface area contributed by atoms with E-state index in [4.69, 9.17) is 9.48 Å². The van der Waals surface area contributed by atoms with E-state index in [9.17, 15) is 0 Å². The van der Waals surface area contributed by atoms with Gasteiger partial charge in [-0.25, -0.2) is 14.7 Å². The largest absolute Gasteiger partial charge is 0.436 e. The Morgan fingerprint density at radius 3 is 1.42 bits per heavy atom. The Morgan fingerprint density at radius 2 is 0.939 bits per heavy atom. The molecule has 0 N–H and O–H groups in total. The zero-order valence-electron chi connectivity index (χ0n) is 17.9. The molecular formula is C28H22N3OP. The van der Waals surface area contributed by atoms with Crippen LogP contribution in [-0.4, -0.2) is 9.97 Å². The predicted molar refractivity (Wildman–Crippen MR) is 136 cm³/mol. The SMILES string of the molecule is c1ccc(Oc2nccnc2N=P(c2ccccc2)(c2ccccc2)c2ccccc2)cc1. The summed E-state index contributed by atoms with van der Waals surface area (Å²) in [5, 5.41) is 3.41. The van der Waals surface area contributed by atoms with Gasteiger partial charge in [-0.15, -0.1) is 0 Å². The van der Waals surface area contributed by atoms with Crippen molar-refractivity contribution in [3.8, 4) is 11.6 Å².